The molecule has 0 aliphatic carbocycles. The number of nitrogens with one attached hydrogen (secondary N) is 2. The third kappa shape index (κ3) is 14.8. The summed E-state index contributed by atoms with van der Waals surface area (Å²) in [6.07, 6.45) is -21.0. The van der Waals surface area contributed by atoms with Crippen LogP contribution in [0, 0.1) is 37.1 Å². The Morgan fingerprint density at radius 3 is 1.29 bits per heavy atom. The van der Waals surface area contributed by atoms with E-state index < -0.39 is 179 Å². The van der Waals surface area contributed by atoms with Gasteiger partial charge in [-0.3, -0.25) is 9.59 Å². The van der Waals surface area contributed by atoms with Crippen molar-refractivity contribution in [1.82, 2.24) is 70.2 Å². The van der Waals surface area contributed by atoms with Crippen LogP contribution in [0.3, 0.4) is 0 Å². The third-order valence-corrected chi connectivity index (χ3v) is 16.2. The topological polar surface area (TPSA) is 299 Å². The molecule has 2 aliphatic rings. The lowest BCUT2D eigenvalue weighted by Crippen LogP contribution is -2.54. The summed E-state index contributed by atoms with van der Waals surface area (Å²) < 4.78 is 174. The Morgan fingerprint density at radius 2 is 0.947 bits per heavy atom. The molecule has 8 aromatic rings. The number of aryl methyl sites for hydroxylation is 2. The zero-order chi connectivity index (χ0) is 67.8. The maximum atomic E-state index is 14.6. The Kier molecular flexibility index (Phi) is 21.0. The summed E-state index contributed by atoms with van der Waals surface area (Å²) >= 11 is 23.8. The third-order valence-electron chi connectivity index (χ3n) is 15.0. The first-order valence-corrected chi connectivity index (χ1v) is 29.5. The summed E-state index contributed by atoms with van der Waals surface area (Å²) in [7, 11) is 0. The number of carbonyl (C=O) groups excluding carboxylic acids is 2. The number of aliphatic hydroxyl groups excluding tert-OH is 4. The molecule has 0 unspecified atom stereocenters. The summed E-state index contributed by atoms with van der Waals surface area (Å²) in [5.41, 5.74) is -4.38. The quantitative estimate of drug-likeness (QED) is 0.0228. The Bertz CT molecular complexity index is 3790. The summed E-state index contributed by atoms with van der Waals surface area (Å²) in [6.45, 7) is -1.08. The fraction of sp³-hybridized carbons (Fsp3) is 0.393. The molecule has 0 spiro atoms. The SMILES string of the molecule is Cc1nc([C@H]2O[C@@H](CO)[C@@H](O)[C@@H](n3cc(-c4cc(F)c(Cl)c(F)c4)nn3)[C@@H]2OCC(=O)NCCCCNC(=O)CO[C@@H]2[C@@H](n3cc(-c4cc(F)c(Cl)c(F)c4)nn3)[C@@H](O)[C@@H](CO)O[C@H]2c2nc(C)nn2-c2cc(Cl)ccc2C(F)(F)F)n(-c2cc(Cl)ccc2C(F)(F)F)n1. The zero-order valence-corrected chi connectivity index (χ0v) is 51.3. The number of ether oxygens (including phenoxy) is 4. The number of aliphatic hydroxyl groups is 4. The zero-order valence-electron chi connectivity index (χ0n) is 48.3. The highest BCUT2D eigenvalue weighted by Crippen LogP contribution is 2.45. The first-order valence-electron chi connectivity index (χ1n) is 27.9. The molecular weight excluding hydrogens is 1360 g/mol. The predicted molar refractivity (Wildman–Crippen MR) is 307 cm³/mol. The van der Waals surface area contributed by atoms with Crippen LogP contribution in [0.2, 0.25) is 20.1 Å². The van der Waals surface area contributed by atoms with E-state index >= 15 is 0 Å². The first-order chi connectivity index (χ1) is 44.5. The van der Waals surface area contributed by atoms with E-state index in [-0.39, 0.29) is 70.1 Å². The Hall–Kier alpha value is -7.48. The van der Waals surface area contributed by atoms with E-state index in [2.05, 4.69) is 51.4 Å². The number of alkyl halides is 6. The van der Waals surface area contributed by atoms with Gasteiger partial charge in [0.1, 0.15) is 130 Å². The highest BCUT2D eigenvalue weighted by atomic mass is 35.5. The predicted octanol–water partition coefficient (Wildman–Crippen LogP) is 7.74. The monoisotopic (exact) mass is 1410 g/mol. The summed E-state index contributed by atoms with van der Waals surface area (Å²) in [6, 6.07) is 5.55. The number of nitrogens with zero attached hydrogens (tertiary/aromatic N) is 12. The van der Waals surface area contributed by atoms with Crippen molar-refractivity contribution in [3.05, 3.63) is 151 Å². The lowest BCUT2D eigenvalue weighted by atomic mass is 9.91. The van der Waals surface area contributed by atoms with Gasteiger partial charge in [0.25, 0.3) is 0 Å². The molecule has 502 valence electrons. The van der Waals surface area contributed by atoms with Gasteiger partial charge in [0.05, 0.1) is 48.1 Å². The van der Waals surface area contributed by atoms with Crippen LogP contribution in [0.15, 0.2) is 73.1 Å². The van der Waals surface area contributed by atoms with Crippen LogP contribution in [0.1, 0.15) is 71.6 Å². The number of rotatable bonds is 21. The Balaban J connectivity index is 0.849. The van der Waals surface area contributed by atoms with Crippen LogP contribution in [0.5, 0.6) is 0 Å². The molecule has 0 saturated carbocycles. The van der Waals surface area contributed by atoms with Crippen LogP contribution in [0.4, 0.5) is 43.9 Å². The lowest BCUT2D eigenvalue weighted by molar-refractivity contribution is -0.223. The highest BCUT2D eigenvalue weighted by Gasteiger charge is 2.53. The van der Waals surface area contributed by atoms with Gasteiger partial charge in [-0.1, -0.05) is 56.8 Å². The Labute approximate surface area is 543 Å². The molecule has 6 N–H and O–H groups in total. The van der Waals surface area contributed by atoms with Gasteiger partial charge in [0.15, 0.2) is 11.6 Å². The molecule has 2 amide bonds. The number of hydrogen-bond donors (Lipinski definition) is 6. The smallest absolute Gasteiger partial charge is 0.394 e. The molecule has 10 atom stereocenters. The Morgan fingerprint density at radius 1 is 0.585 bits per heavy atom. The van der Waals surface area contributed by atoms with Crippen molar-refractivity contribution >= 4 is 58.2 Å². The average Bonchev–Trinajstić information content (AvgIpc) is 1.51. The number of halogens is 14. The molecule has 2 saturated heterocycles. The maximum absolute atomic E-state index is 14.6. The van der Waals surface area contributed by atoms with E-state index in [9.17, 15) is 73.9 Å². The van der Waals surface area contributed by atoms with Crippen LogP contribution >= 0.6 is 46.4 Å². The number of unbranched alkanes of at least 4 members (excludes halogenated alkanes) is 1. The number of benzene rings is 4. The normalized spacial score (nSPS) is 21.8. The minimum Gasteiger partial charge on any atom is -0.394 e. The van der Waals surface area contributed by atoms with E-state index in [4.69, 9.17) is 65.4 Å². The number of aromatic nitrogens is 12. The van der Waals surface area contributed by atoms with Gasteiger partial charge < -0.3 is 50.0 Å². The number of amides is 2. The molecule has 4 aromatic carbocycles. The van der Waals surface area contributed by atoms with Gasteiger partial charge in [-0.2, -0.15) is 36.5 Å². The van der Waals surface area contributed by atoms with Gasteiger partial charge >= 0.3 is 12.4 Å². The van der Waals surface area contributed by atoms with Crippen molar-refractivity contribution < 1.29 is 92.9 Å². The van der Waals surface area contributed by atoms with Crippen LogP contribution < -0.4 is 10.6 Å². The van der Waals surface area contributed by atoms with Crippen LogP contribution in [-0.2, 0) is 40.9 Å². The van der Waals surface area contributed by atoms with Crippen molar-refractivity contribution in [2.75, 3.05) is 39.5 Å². The fourth-order valence-corrected chi connectivity index (χ4v) is 11.2. The van der Waals surface area contributed by atoms with E-state index in [0.29, 0.717) is 12.1 Å². The molecular formula is C56H50Cl4F10N14O10. The second-order valence-electron chi connectivity index (χ2n) is 21.3. The molecule has 4 aromatic heterocycles. The van der Waals surface area contributed by atoms with E-state index in [1.807, 2.05) is 0 Å². The van der Waals surface area contributed by atoms with E-state index in [0.717, 1.165) is 79.7 Å². The number of hydrogen-bond acceptors (Lipinski definition) is 18. The molecule has 2 aliphatic heterocycles. The largest absolute Gasteiger partial charge is 0.418 e. The van der Waals surface area contributed by atoms with Crippen LogP contribution in [0.25, 0.3) is 33.9 Å². The van der Waals surface area contributed by atoms with Crippen molar-refractivity contribution in [3.8, 4) is 33.9 Å². The molecule has 10 rings (SSSR count). The molecule has 94 heavy (non-hydrogen) atoms. The second kappa shape index (κ2) is 28.5. The standard InChI is InChI=1S/C56H50Cl4F10N14O10/c1-23-73-53(83(77-23)37-15-27(57)5-7-29(37)55(65,66)67)51-49(45(47(89)39(19-85)93-51)81-17-35(75-79-81)25-11-31(61)43(59)32(62)12-25)91-21-41(87)71-9-3-4-10-72-42(88)22-92-50-46(82-18-36(76-80-82)26-13-33(63)44(60)34(64)14-26)48(90)40(20-86)94-52(50)54-74-24(2)78-84(54)38-16-28(58)6-8-30(38)56(68,69)70/h5-8,11-18,39-40,45-52,85-86,89-90H,3-4,9-10,19-22H2,1-2H3,(H,71,87)(H,72,88)/t39-,40+,45+,46-,47+,48-,49-,50+,51-,52+. The molecule has 6 heterocycles. The molecule has 0 radical (unpaired) electrons. The van der Waals surface area contributed by atoms with Gasteiger partial charge in [-0.05, 0) is 87.4 Å². The van der Waals surface area contributed by atoms with Crippen LogP contribution in [-0.4, -0.2) is 168 Å². The summed E-state index contributed by atoms with van der Waals surface area (Å²) in [4.78, 5) is 35.9. The fourth-order valence-electron chi connectivity index (χ4n) is 10.7. The van der Waals surface area contributed by atoms with Crippen molar-refractivity contribution in [2.24, 2.45) is 0 Å². The van der Waals surface area contributed by atoms with Gasteiger partial charge in [-0.25, -0.2) is 46.3 Å². The van der Waals surface area contributed by atoms with E-state index in [1.54, 1.807) is 0 Å². The van der Waals surface area contributed by atoms with E-state index in [1.165, 1.54) is 13.8 Å². The van der Waals surface area contributed by atoms with Crippen molar-refractivity contribution in [1.29, 1.82) is 0 Å². The maximum Gasteiger partial charge on any atom is 0.418 e. The van der Waals surface area contributed by atoms with Gasteiger partial charge in [0.2, 0.25) is 11.8 Å². The molecule has 38 heteroatoms. The van der Waals surface area contributed by atoms with Crippen molar-refractivity contribution in [3.63, 3.8) is 0 Å². The second-order valence-corrected chi connectivity index (χ2v) is 23.0. The van der Waals surface area contributed by atoms with Crippen molar-refractivity contribution in [2.45, 2.75) is 100.0 Å². The van der Waals surface area contributed by atoms with Gasteiger partial charge in [0, 0.05) is 34.3 Å². The first kappa shape index (κ1) is 69.4. The summed E-state index contributed by atoms with van der Waals surface area (Å²) in [5.74, 6) is -7.28. The highest BCUT2D eigenvalue weighted by molar-refractivity contribution is 6.31. The van der Waals surface area contributed by atoms with Gasteiger partial charge in [-0.15, -0.1) is 10.2 Å². The molecule has 2 fully saturated rings. The molecule has 24 nitrogen and oxygen atoms in total. The number of carbonyl (C=O) groups is 2. The lowest BCUT2D eigenvalue weighted by Gasteiger charge is -2.43. The minimum absolute atomic E-state index is 0.0917. The summed E-state index contributed by atoms with van der Waals surface area (Å²) in [5, 5.41) is 72.3. The minimum atomic E-state index is -4.98. The average molecular weight is 1410 g/mol. The molecule has 0 bridgehead atoms.